The summed E-state index contributed by atoms with van der Waals surface area (Å²) in [6.45, 7) is 0. The molecular formula is C4H5NO3S. The van der Waals surface area contributed by atoms with Gasteiger partial charge in [0.25, 0.3) is 5.24 Å². The van der Waals surface area contributed by atoms with Gasteiger partial charge < -0.3 is 10.4 Å². The Labute approximate surface area is 55.6 Å². The summed E-state index contributed by atoms with van der Waals surface area (Å²) in [6, 6.07) is -0.678. The topological polar surface area (TPSA) is 66.4 Å². The lowest BCUT2D eigenvalue weighted by Crippen LogP contribution is -2.33. The molecule has 0 aromatic heterocycles. The molecule has 4 nitrogen and oxygen atoms in total. The van der Waals surface area contributed by atoms with E-state index in [0.29, 0.717) is 5.75 Å². The minimum atomic E-state index is -0.964. The van der Waals surface area contributed by atoms with Gasteiger partial charge in [0, 0.05) is 5.75 Å². The van der Waals surface area contributed by atoms with Crippen molar-refractivity contribution in [3.63, 3.8) is 0 Å². The Balaban J connectivity index is 2.48. The highest BCUT2D eigenvalue weighted by Gasteiger charge is 2.27. The lowest BCUT2D eigenvalue weighted by molar-refractivity contribution is -0.138. The third-order valence-electron chi connectivity index (χ3n) is 0.971. The zero-order valence-electron chi connectivity index (χ0n) is 4.46. The standard InChI is InChI=1S/C4H5NO3S/c6-3(7)2-1-9-4(8)5-2/h2H,1H2,(H,5,8)(H,6,7)/t2-/m0/s1/i1+1,2+1,3+1. The maximum Gasteiger partial charge on any atom is 0.327 e. The first-order chi connectivity index (χ1) is 4.20. The zero-order valence-corrected chi connectivity index (χ0v) is 5.27. The highest BCUT2D eigenvalue weighted by Crippen LogP contribution is 2.12. The van der Waals surface area contributed by atoms with Crippen LogP contribution in [0.25, 0.3) is 0 Å². The van der Waals surface area contributed by atoms with E-state index in [9.17, 15) is 9.59 Å². The quantitative estimate of drug-likeness (QED) is 0.512. The van der Waals surface area contributed by atoms with Gasteiger partial charge in [-0.3, -0.25) is 4.79 Å². The van der Waals surface area contributed by atoms with E-state index in [1.54, 1.807) is 0 Å². The predicted molar refractivity (Wildman–Crippen MR) is 32.4 cm³/mol. The number of amides is 1. The molecule has 1 heterocycles. The third kappa shape index (κ3) is 1.35. The molecule has 1 aliphatic rings. The highest BCUT2D eigenvalue weighted by atomic mass is 32.2. The number of nitrogens with one attached hydrogen (secondary N) is 1. The predicted octanol–water partition coefficient (Wildman–Crippen LogP) is -0.104. The zero-order chi connectivity index (χ0) is 6.85. The monoisotopic (exact) mass is 150 g/mol. The largest absolute Gasteiger partial charge is 0.480 e. The fraction of sp³-hybridized carbons (Fsp3) is 0.500. The average molecular weight is 150 g/mol. The van der Waals surface area contributed by atoms with Crippen molar-refractivity contribution in [1.82, 2.24) is 5.32 Å². The first kappa shape index (κ1) is 6.41. The third-order valence-corrected chi connectivity index (χ3v) is 1.85. The number of hydrogen-bond donors (Lipinski definition) is 2. The van der Waals surface area contributed by atoms with E-state index in [1.807, 2.05) is 0 Å². The van der Waals surface area contributed by atoms with E-state index in [4.69, 9.17) is 5.11 Å². The number of carbonyl (C=O) groups excluding carboxylic acids is 1. The SMILES string of the molecule is O=C1N[13C@H]([13C](=O)O)[13CH2]S1. The molecule has 1 aliphatic heterocycles. The Hall–Kier alpha value is -0.710. The van der Waals surface area contributed by atoms with Crippen LogP contribution >= 0.6 is 11.8 Å². The van der Waals surface area contributed by atoms with Crippen LogP contribution in [-0.2, 0) is 4.79 Å². The van der Waals surface area contributed by atoms with Gasteiger partial charge in [0.05, 0.1) is 0 Å². The molecule has 0 unspecified atom stereocenters. The Morgan fingerprint density at radius 2 is 2.56 bits per heavy atom. The lowest BCUT2D eigenvalue weighted by atomic mass is 11.2. The Kier molecular flexibility index (Phi) is 1.61. The van der Waals surface area contributed by atoms with Gasteiger partial charge in [-0.05, 0) is 0 Å². The second-order valence-corrected chi connectivity index (χ2v) is 2.63. The van der Waals surface area contributed by atoms with Crippen molar-refractivity contribution in [2.24, 2.45) is 0 Å². The van der Waals surface area contributed by atoms with Crippen LogP contribution in [0.5, 0.6) is 0 Å². The molecule has 0 aromatic rings. The van der Waals surface area contributed by atoms with Crippen LogP contribution in [0.2, 0.25) is 0 Å². The second-order valence-electron chi connectivity index (χ2n) is 1.63. The molecule has 2 N–H and O–H groups in total. The van der Waals surface area contributed by atoms with E-state index in [0.717, 1.165) is 11.8 Å². The molecule has 1 fully saturated rings. The maximum absolute atomic E-state index is 10.3. The minimum absolute atomic E-state index is 0.248. The summed E-state index contributed by atoms with van der Waals surface area (Å²) >= 11 is 1.00. The highest BCUT2D eigenvalue weighted by molar-refractivity contribution is 8.14. The summed E-state index contributed by atoms with van der Waals surface area (Å²) in [4.78, 5) is 20.5. The second kappa shape index (κ2) is 2.26. The van der Waals surface area contributed by atoms with Crippen molar-refractivity contribution < 1.29 is 14.7 Å². The fourth-order valence-corrected chi connectivity index (χ4v) is 1.29. The molecule has 0 saturated carbocycles. The van der Waals surface area contributed by atoms with Gasteiger partial charge in [-0.2, -0.15) is 0 Å². The number of hydrogen-bond acceptors (Lipinski definition) is 3. The number of aliphatic carboxylic acids is 1. The average Bonchev–Trinajstić information content (AvgIpc) is 2.14. The van der Waals surface area contributed by atoms with Crippen LogP contribution in [0.3, 0.4) is 0 Å². The summed E-state index contributed by atoms with van der Waals surface area (Å²) in [7, 11) is 0. The van der Waals surface area contributed by atoms with Crippen molar-refractivity contribution in [1.29, 1.82) is 0 Å². The molecule has 1 atom stereocenters. The number of carboxylic acids is 1. The van der Waals surface area contributed by atoms with Crippen LogP contribution < -0.4 is 5.32 Å². The van der Waals surface area contributed by atoms with Crippen LogP contribution in [-0.4, -0.2) is 28.1 Å². The van der Waals surface area contributed by atoms with Crippen molar-refractivity contribution >= 4 is 23.0 Å². The molecule has 1 rings (SSSR count). The molecule has 50 valence electrons. The fourth-order valence-electron chi connectivity index (χ4n) is 0.518. The number of rotatable bonds is 1. The van der Waals surface area contributed by atoms with Gasteiger partial charge in [-0.25, -0.2) is 4.79 Å². The van der Waals surface area contributed by atoms with E-state index in [-0.39, 0.29) is 5.24 Å². The smallest absolute Gasteiger partial charge is 0.327 e. The normalized spacial score (nSPS) is 25.8. The van der Waals surface area contributed by atoms with Gasteiger partial charge in [-0.1, -0.05) is 11.8 Å². The molecule has 0 radical (unpaired) electrons. The summed E-state index contributed by atoms with van der Waals surface area (Å²) in [6.07, 6.45) is 0. The summed E-state index contributed by atoms with van der Waals surface area (Å²) in [5.74, 6) is -0.623. The van der Waals surface area contributed by atoms with Crippen LogP contribution in [0.15, 0.2) is 0 Å². The van der Waals surface area contributed by atoms with Gasteiger partial charge in [0.15, 0.2) is 0 Å². The molecule has 1 amide bonds. The molecule has 0 aromatic carbocycles. The van der Waals surface area contributed by atoms with Crippen molar-refractivity contribution in [2.45, 2.75) is 6.04 Å². The number of carboxylic acid groups (broad SMARTS) is 1. The first-order valence-corrected chi connectivity index (χ1v) is 3.35. The van der Waals surface area contributed by atoms with E-state index in [2.05, 4.69) is 5.32 Å². The van der Waals surface area contributed by atoms with E-state index in [1.165, 1.54) is 0 Å². The van der Waals surface area contributed by atoms with Crippen LogP contribution in [0.1, 0.15) is 0 Å². The number of thioether (sulfide) groups is 1. The minimum Gasteiger partial charge on any atom is -0.480 e. The molecule has 0 aliphatic carbocycles. The molecule has 1 saturated heterocycles. The first-order valence-electron chi connectivity index (χ1n) is 2.36. The van der Waals surface area contributed by atoms with Gasteiger partial charge in [-0.15, -0.1) is 0 Å². The summed E-state index contributed by atoms with van der Waals surface area (Å²) in [5, 5.41) is 10.3. The Bertz CT molecular complexity index is 158. The Morgan fingerprint density at radius 3 is 2.78 bits per heavy atom. The summed E-state index contributed by atoms with van der Waals surface area (Å²) in [5.41, 5.74) is 0. The molecule has 9 heavy (non-hydrogen) atoms. The molecule has 0 spiro atoms. The van der Waals surface area contributed by atoms with E-state index < -0.39 is 12.0 Å². The van der Waals surface area contributed by atoms with Crippen LogP contribution in [0.4, 0.5) is 4.79 Å². The maximum atomic E-state index is 10.3. The molecular weight excluding hydrogens is 145 g/mol. The van der Waals surface area contributed by atoms with Gasteiger partial charge >= 0.3 is 5.97 Å². The number of carbonyl (C=O) groups is 2. The van der Waals surface area contributed by atoms with Crippen molar-refractivity contribution in [3.05, 3.63) is 0 Å². The lowest BCUT2D eigenvalue weighted by Gasteiger charge is -1.98. The van der Waals surface area contributed by atoms with Crippen LogP contribution in [0, 0.1) is 0 Å². The Morgan fingerprint density at radius 1 is 1.89 bits per heavy atom. The van der Waals surface area contributed by atoms with Gasteiger partial charge in [0.1, 0.15) is 6.04 Å². The van der Waals surface area contributed by atoms with Crippen molar-refractivity contribution in [2.75, 3.05) is 5.75 Å². The van der Waals surface area contributed by atoms with E-state index >= 15 is 0 Å². The van der Waals surface area contributed by atoms with Crippen molar-refractivity contribution in [3.8, 4) is 0 Å². The van der Waals surface area contributed by atoms with Gasteiger partial charge in [0.2, 0.25) is 0 Å². The molecule has 0 bridgehead atoms. The molecule has 5 heteroatoms. The summed E-state index contributed by atoms with van der Waals surface area (Å²) < 4.78 is 0.